The number of amides is 2. The van der Waals surface area contributed by atoms with Crippen molar-refractivity contribution in [3.05, 3.63) is 47.0 Å². The van der Waals surface area contributed by atoms with Gasteiger partial charge in [-0.3, -0.25) is 0 Å². The third-order valence-corrected chi connectivity index (χ3v) is 3.48. The normalized spacial score (nSPS) is 14.5. The van der Waals surface area contributed by atoms with Gasteiger partial charge in [0, 0.05) is 19.6 Å². The van der Waals surface area contributed by atoms with E-state index >= 15 is 0 Å². The van der Waals surface area contributed by atoms with Crippen LogP contribution < -0.4 is 5.32 Å². The van der Waals surface area contributed by atoms with Gasteiger partial charge in [-0.25, -0.2) is 9.59 Å². The van der Waals surface area contributed by atoms with Crippen LogP contribution in [0, 0.1) is 0 Å². The molecule has 5 heteroatoms. The summed E-state index contributed by atoms with van der Waals surface area (Å²) in [5, 5.41) is 11.8. The fourth-order valence-electron chi connectivity index (χ4n) is 2.37. The lowest BCUT2D eigenvalue weighted by atomic mass is 10.1. The van der Waals surface area contributed by atoms with E-state index in [0.29, 0.717) is 19.5 Å². The molecule has 21 heavy (non-hydrogen) atoms. The Kier molecular flexibility index (Phi) is 4.98. The Balaban J connectivity index is 1.81. The number of carbonyl (C=O) groups excluding carboxylic acids is 1. The van der Waals surface area contributed by atoms with Crippen LogP contribution in [0.25, 0.3) is 0 Å². The molecule has 0 radical (unpaired) electrons. The van der Waals surface area contributed by atoms with E-state index in [4.69, 9.17) is 5.11 Å². The van der Waals surface area contributed by atoms with E-state index in [2.05, 4.69) is 11.4 Å². The fourth-order valence-corrected chi connectivity index (χ4v) is 2.37. The highest BCUT2D eigenvalue weighted by molar-refractivity contribution is 5.87. The predicted molar refractivity (Wildman–Crippen MR) is 80.5 cm³/mol. The van der Waals surface area contributed by atoms with Crippen LogP contribution in [-0.4, -0.2) is 41.6 Å². The van der Waals surface area contributed by atoms with Crippen molar-refractivity contribution >= 4 is 12.0 Å². The molecule has 0 aromatic heterocycles. The average Bonchev–Trinajstić information content (AvgIpc) is 2.47. The van der Waals surface area contributed by atoms with Crippen LogP contribution in [0.3, 0.4) is 0 Å². The molecule has 0 atom stereocenters. The highest BCUT2D eigenvalue weighted by Crippen LogP contribution is 2.09. The van der Waals surface area contributed by atoms with E-state index in [0.717, 1.165) is 18.5 Å². The molecule has 1 aliphatic rings. The van der Waals surface area contributed by atoms with Crippen molar-refractivity contribution in [1.29, 1.82) is 0 Å². The Bertz CT molecular complexity index is 566. The number of carboxylic acid groups (broad SMARTS) is 1. The van der Waals surface area contributed by atoms with Crippen molar-refractivity contribution in [2.45, 2.75) is 19.8 Å². The minimum absolute atomic E-state index is 0.0585. The number of nitrogens with one attached hydrogen (secondary N) is 1. The Morgan fingerprint density at radius 1 is 1.38 bits per heavy atom. The molecule has 1 aliphatic heterocycles. The van der Waals surface area contributed by atoms with E-state index in [1.54, 1.807) is 23.1 Å². The zero-order valence-corrected chi connectivity index (χ0v) is 12.1. The second-order valence-electron chi connectivity index (χ2n) is 5.25. The topological polar surface area (TPSA) is 69.6 Å². The van der Waals surface area contributed by atoms with Gasteiger partial charge < -0.3 is 15.3 Å². The van der Waals surface area contributed by atoms with Gasteiger partial charge in [0.25, 0.3) is 0 Å². The van der Waals surface area contributed by atoms with Gasteiger partial charge in [-0.2, -0.15) is 0 Å². The second-order valence-corrected chi connectivity index (χ2v) is 5.25. The number of carboxylic acids is 1. The molecule has 2 N–H and O–H groups in total. The molecule has 1 heterocycles. The predicted octanol–water partition coefficient (Wildman–Crippen LogP) is 2.29. The van der Waals surface area contributed by atoms with E-state index < -0.39 is 5.97 Å². The number of carbonyl (C=O) groups is 2. The van der Waals surface area contributed by atoms with Crippen LogP contribution in [0.15, 0.2) is 35.9 Å². The van der Waals surface area contributed by atoms with Crippen LogP contribution in [-0.2, 0) is 6.42 Å². The fraction of sp³-hybridized carbons (Fsp3) is 0.375. The lowest BCUT2D eigenvalue weighted by Crippen LogP contribution is -2.43. The van der Waals surface area contributed by atoms with Crippen molar-refractivity contribution in [2.75, 3.05) is 19.6 Å². The standard InChI is InChI=1S/C16H20N2O3/c1-12-4-3-9-18(11-12)16(21)17-8-7-13-5-2-6-14(10-13)15(19)20/h2,4-6,10H,3,7-9,11H2,1H3,(H,17,21)(H,19,20). The van der Waals surface area contributed by atoms with Gasteiger partial charge in [-0.1, -0.05) is 23.8 Å². The third-order valence-electron chi connectivity index (χ3n) is 3.48. The summed E-state index contributed by atoms with van der Waals surface area (Å²) in [4.78, 5) is 24.7. The average molecular weight is 288 g/mol. The van der Waals surface area contributed by atoms with Crippen molar-refractivity contribution < 1.29 is 14.7 Å². The first kappa shape index (κ1) is 15.1. The molecule has 0 fully saturated rings. The zero-order chi connectivity index (χ0) is 15.2. The summed E-state index contributed by atoms with van der Waals surface area (Å²) in [6, 6.07) is 6.73. The summed E-state index contributed by atoms with van der Waals surface area (Å²) in [5.41, 5.74) is 2.39. The summed E-state index contributed by atoms with van der Waals surface area (Å²) in [7, 11) is 0. The van der Waals surface area contributed by atoms with Gasteiger partial charge >= 0.3 is 12.0 Å². The number of rotatable bonds is 4. The summed E-state index contributed by atoms with van der Waals surface area (Å²) >= 11 is 0. The maximum Gasteiger partial charge on any atom is 0.335 e. The van der Waals surface area contributed by atoms with Gasteiger partial charge in [-0.15, -0.1) is 0 Å². The Morgan fingerprint density at radius 3 is 2.90 bits per heavy atom. The highest BCUT2D eigenvalue weighted by atomic mass is 16.4. The molecule has 5 nitrogen and oxygen atoms in total. The molecular formula is C16H20N2O3. The van der Waals surface area contributed by atoms with Crippen LogP contribution in [0.5, 0.6) is 0 Å². The largest absolute Gasteiger partial charge is 0.478 e. The summed E-state index contributed by atoms with van der Waals surface area (Å²) < 4.78 is 0. The number of urea groups is 1. The molecule has 1 aromatic rings. The molecule has 0 saturated heterocycles. The maximum absolute atomic E-state index is 12.0. The summed E-state index contributed by atoms with van der Waals surface area (Å²) in [6.07, 6.45) is 3.68. The minimum Gasteiger partial charge on any atom is -0.478 e. The van der Waals surface area contributed by atoms with E-state index in [-0.39, 0.29) is 11.6 Å². The van der Waals surface area contributed by atoms with Gasteiger partial charge in [0.15, 0.2) is 0 Å². The molecule has 0 saturated carbocycles. The van der Waals surface area contributed by atoms with E-state index in [9.17, 15) is 9.59 Å². The van der Waals surface area contributed by atoms with Crippen molar-refractivity contribution in [2.24, 2.45) is 0 Å². The molecule has 1 aromatic carbocycles. The van der Waals surface area contributed by atoms with E-state index in [1.807, 2.05) is 13.0 Å². The number of benzene rings is 1. The van der Waals surface area contributed by atoms with E-state index in [1.165, 1.54) is 5.57 Å². The third kappa shape index (κ3) is 4.34. The first-order valence-electron chi connectivity index (χ1n) is 7.07. The SMILES string of the molecule is CC1=CCCN(C(=O)NCCc2cccc(C(=O)O)c2)C1. The molecular weight excluding hydrogens is 268 g/mol. The van der Waals surface area contributed by atoms with Crippen LogP contribution in [0.2, 0.25) is 0 Å². The summed E-state index contributed by atoms with van der Waals surface area (Å²) in [5.74, 6) is -0.934. The number of aromatic carboxylic acids is 1. The Hall–Kier alpha value is -2.30. The molecule has 0 aliphatic carbocycles. The van der Waals surface area contributed by atoms with Crippen LogP contribution in [0.1, 0.15) is 29.3 Å². The lowest BCUT2D eigenvalue weighted by Gasteiger charge is -2.26. The first-order valence-corrected chi connectivity index (χ1v) is 7.07. The number of hydrogen-bond acceptors (Lipinski definition) is 2. The lowest BCUT2D eigenvalue weighted by molar-refractivity contribution is 0.0696. The van der Waals surface area contributed by atoms with Crippen molar-refractivity contribution in [3.8, 4) is 0 Å². The number of hydrogen-bond donors (Lipinski definition) is 2. The molecule has 2 rings (SSSR count). The van der Waals surface area contributed by atoms with Gasteiger partial charge in [0.2, 0.25) is 0 Å². The summed E-state index contributed by atoms with van der Waals surface area (Å²) in [6.45, 7) is 3.95. The van der Waals surface area contributed by atoms with Crippen LogP contribution >= 0.6 is 0 Å². The zero-order valence-electron chi connectivity index (χ0n) is 12.1. The second kappa shape index (κ2) is 6.92. The van der Waals surface area contributed by atoms with Gasteiger partial charge in [-0.05, 0) is 37.5 Å². The highest BCUT2D eigenvalue weighted by Gasteiger charge is 2.15. The first-order chi connectivity index (χ1) is 10.1. The van der Waals surface area contributed by atoms with Gasteiger partial charge in [0.1, 0.15) is 0 Å². The quantitative estimate of drug-likeness (QED) is 0.835. The smallest absolute Gasteiger partial charge is 0.335 e. The van der Waals surface area contributed by atoms with Crippen molar-refractivity contribution in [1.82, 2.24) is 10.2 Å². The number of nitrogens with zero attached hydrogens (tertiary/aromatic N) is 1. The minimum atomic E-state index is -0.934. The van der Waals surface area contributed by atoms with Crippen LogP contribution in [0.4, 0.5) is 4.79 Å². The monoisotopic (exact) mass is 288 g/mol. The molecule has 0 spiro atoms. The molecule has 0 bridgehead atoms. The molecule has 112 valence electrons. The van der Waals surface area contributed by atoms with Gasteiger partial charge in [0.05, 0.1) is 5.56 Å². The molecule has 0 unspecified atom stereocenters. The Morgan fingerprint density at radius 2 is 2.19 bits per heavy atom. The maximum atomic E-state index is 12.0. The Labute approximate surface area is 124 Å². The molecule has 2 amide bonds. The van der Waals surface area contributed by atoms with Crippen molar-refractivity contribution in [3.63, 3.8) is 0 Å².